The standard InChI is InChI=1S/C14H10N4/c15-13-12-11(8-16-14(12)18-9-17-13)7-6-10-4-2-1-3-5-10/h1-5,8-9H,(H3,15,16,17,18). The molecule has 4 heteroatoms. The zero-order chi connectivity index (χ0) is 12.4. The molecule has 0 atom stereocenters. The highest BCUT2D eigenvalue weighted by Crippen LogP contribution is 2.19. The molecule has 0 radical (unpaired) electrons. The van der Waals surface area contributed by atoms with Crippen LogP contribution in [0.25, 0.3) is 11.0 Å². The molecule has 0 unspecified atom stereocenters. The third-order valence-electron chi connectivity index (χ3n) is 2.61. The lowest BCUT2D eigenvalue weighted by molar-refractivity contribution is 1.21. The predicted octanol–water partition coefficient (Wildman–Crippen LogP) is 1.94. The van der Waals surface area contributed by atoms with Gasteiger partial charge in [0.15, 0.2) is 0 Å². The Hall–Kier alpha value is -2.80. The monoisotopic (exact) mass is 234 g/mol. The Morgan fingerprint density at radius 2 is 1.89 bits per heavy atom. The Bertz CT molecular complexity index is 748. The predicted molar refractivity (Wildman–Crippen MR) is 70.7 cm³/mol. The summed E-state index contributed by atoms with van der Waals surface area (Å²) in [5, 5.41) is 0.779. The summed E-state index contributed by atoms with van der Waals surface area (Å²) in [6.45, 7) is 0. The normalized spacial score (nSPS) is 10.0. The van der Waals surface area contributed by atoms with Gasteiger partial charge in [0.25, 0.3) is 0 Å². The average Bonchev–Trinajstić information content (AvgIpc) is 2.82. The molecule has 3 aromatic rings. The molecule has 0 fully saturated rings. The molecule has 2 heterocycles. The molecule has 0 aliphatic carbocycles. The van der Waals surface area contributed by atoms with E-state index in [1.807, 2.05) is 30.3 Å². The van der Waals surface area contributed by atoms with Crippen LogP contribution in [0.4, 0.5) is 5.82 Å². The van der Waals surface area contributed by atoms with Gasteiger partial charge in [-0.15, -0.1) is 0 Å². The van der Waals surface area contributed by atoms with Crippen LogP contribution >= 0.6 is 0 Å². The van der Waals surface area contributed by atoms with Gasteiger partial charge in [0.05, 0.1) is 10.9 Å². The fourth-order valence-corrected chi connectivity index (χ4v) is 1.75. The summed E-state index contributed by atoms with van der Waals surface area (Å²) < 4.78 is 0. The minimum absolute atomic E-state index is 0.443. The molecule has 3 N–H and O–H groups in total. The van der Waals surface area contributed by atoms with Gasteiger partial charge in [0, 0.05) is 11.8 Å². The summed E-state index contributed by atoms with van der Waals surface area (Å²) >= 11 is 0. The number of nitrogens with zero attached hydrogens (tertiary/aromatic N) is 2. The summed E-state index contributed by atoms with van der Waals surface area (Å²) in [4.78, 5) is 11.1. The highest BCUT2D eigenvalue weighted by atomic mass is 15.0. The summed E-state index contributed by atoms with van der Waals surface area (Å²) in [5.41, 5.74) is 8.31. The van der Waals surface area contributed by atoms with Gasteiger partial charge in [0.2, 0.25) is 0 Å². The van der Waals surface area contributed by atoms with E-state index in [1.54, 1.807) is 6.20 Å². The van der Waals surface area contributed by atoms with Crippen LogP contribution in [0, 0.1) is 11.8 Å². The van der Waals surface area contributed by atoms with Crippen molar-refractivity contribution in [3.8, 4) is 11.8 Å². The van der Waals surface area contributed by atoms with Crippen molar-refractivity contribution in [3.05, 3.63) is 54.0 Å². The van der Waals surface area contributed by atoms with Crippen LogP contribution in [0.15, 0.2) is 42.9 Å². The number of aromatic amines is 1. The van der Waals surface area contributed by atoms with Gasteiger partial charge in [-0.1, -0.05) is 30.0 Å². The molecule has 86 valence electrons. The summed E-state index contributed by atoms with van der Waals surface area (Å²) in [6.07, 6.45) is 3.23. The molecule has 0 saturated carbocycles. The van der Waals surface area contributed by atoms with E-state index < -0.39 is 0 Å². The Balaban J connectivity index is 2.09. The lowest BCUT2D eigenvalue weighted by Crippen LogP contribution is -1.92. The molecule has 2 aromatic heterocycles. The fraction of sp³-hybridized carbons (Fsp3) is 0. The van der Waals surface area contributed by atoms with Crippen molar-refractivity contribution in [1.29, 1.82) is 0 Å². The molecule has 0 bridgehead atoms. The van der Waals surface area contributed by atoms with Crippen molar-refractivity contribution in [3.63, 3.8) is 0 Å². The van der Waals surface area contributed by atoms with Gasteiger partial charge in [0.1, 0.15) is 17.8 Å². The fourth-order valence-electron chi connectivity index (χ4n) is 1.75. The third-order valence-corrected chi connectivity index (χ3v) is 2.61. The van der Waals surface area contributed by atoms with Gasteiger partial charge in [-0.25, -0.2) is 9.97 Å². The molecule has 3 rings (SSSR count). The molecular weight excluding hydrogens is 224 g/mol. The molecule has 18 heavy (non-hydrogen) atoms. The Kier molecular flexibility index (Phi) is 2.43. The van der Waals surface area contributed by atoms with E-state index in [0.717, 1.165) is 16.5 Å². The SMILES string of the molecule is Nc1ncnc2[nH]cc(C#Cc3ccccc3)c12. The van der Waals surface area contributed by atoms with Crippen LogP contribution in [-0.2, 0) is 0 Å². The Morgan fingerprint density at radius 3 is 2.72 bits per heavy atom. The van der Waals surface area contributed by atoms with E-state index in [-0.39, 0.29) is 0 Å². The smallest absolute Gasteiger partial charge is 0.144 e. The molecule has 0 amide bonds. The van der Waals surface area contributed by atoms with E-state index >= 15 is 0 Å². The topological polar surface area (TPSA) is 67.6 Å². The lowest BCUT2D eigenvalue weighted by Gasteiger charge is -1.93. The second-order valence-electron chi connectivity index (χ2n) is 3.80. The molecular formula is C14H10N4. The van der Waals surface area contributed by atoms with Crippen molar-refractivity contribution in [2.24, 2.45) is 0 Å². The number of rotatable bonds is 0. The molecule has 0 aliphatic heterocycles. The van der Waals surface area contributed by atoms with Gasteiger partial charge in [-0.2, -0.15) is 0 Å². The van der Waals surface area contributed by atoms with Crippen molar-refractivity contribution < 1.29 is 0 Å². The maximum atomic E-state index is 5.83. The van der Waals surface area contributed by atoms with Crippen molar-refractivity contribution in [1.82, 2.24) is 15.0 Å². The van der Waals surface area contributed by atoms with Gasteiger partial charge in [-0.3, -0.25) is 0 Å². The highest BCUT2D eigenvalue weighted by Gasteiger charge is 2.06. The number of benzene rings is 1. The van der Waals surface area contributed by atoms with E-state index in [2.05, 4.69) is 26.8 Å². The number of hydrogen-bond acceptors (Lipinski definition) is 3. The van der Waals surface area contributed by atoms with Crippen molar-refractivity contribution in [2.45, 2.75) is 0 Å². The molecule has 0 saturated heterocycles. The minimum atomic E-state index is 0.443. The summed E-state index contributed by atoms with van der Waals surface area (Å²) in [7, 11) is 0. The quantitative estimate of drug-likeness (QED) is 0.584. The maximum Gasteiger partial charge on any atom is 0.144 e. The summed E-state index contributed by atoms with van der Waals surface area (Å²) in [6, 6.07) is 9.79. The first-order chi connectivity index (χ1) is 8.84. The number of nitrogens with one attached hydrogen (secondary N) is 1. The number of aromatic nitrogens is 3. The molecule has 4 nitrogen and oxygen atoms in total. The Morgan fingerprint density at radius 1 is 1.06 bits per heavy atom. The number of hydrogen-bond donors (Lipinski definition) is 2. The largest absolute Gasteiger partial charge is 0.383 e. The zero-order valence-corrected chi connectivity index (χ0v) is 9.51. The minimum Gasteiger partial charge on any atom is -0.383 e. The number of nitrogens with two attached hydrogens (primary N) is 1. The van der Waals surface area contributed by atoms with Crippen LogP contribution < -0.4 is 5.73 Å². The second kappa shape index (κ2) is 4.22. The van der Waals surface area contributed by atoms with E-state index in [0.29, 0.717) is 11.5 Å². The van der Waals surface area contributed by atoms with E-state index in [4.69, 9.17) is 5.73 Å². The van der Waals surface area contributed by atoms with Crippen LogP contribution in [0.2, 0.25) is 0 Å². The van der Waals surface area contributed by atoms with E-state index in [1.165, 1.54) is 6.33 Å². The maximum absolute atomic E-state index is 5.83. The number of nitrogen functional groups attached to an aromatic ring is 1. The van der Waals surface area contributed by atoms with E-state index in [9.17, 15) is 0 Å². The van der Waals surface area contributed by atoms with Crippen LogP contribution in [0.3, 0.4) is 0 Å². The van der Waals surface area contributed by atoms with Crippen molar-refractivity contribution in [2.75, 3.05) is 5.73 Å². The second-order valence-corrected chi connectivity index (χ2v) is 3.80. The van der Waals surface area contributed by atoms with Crippen LogP contribution in [-0.4, -0.2) is 15.0 Å². The van der Waals surface area contributed by atoms with Gasteiger partial charge >= 0.3 is 0 Å². The lowest BCUT2D eigenvalue weighted by atomic mass is 10.2. The highest BCUT2D eigenvalue weighted by molar-refractivity contribution is 5.91. The summed E-state index contributed by atoms with van der Waals surface area (Å²) in [5.74, 6) is 6.61. The Labute approximate surface area is 104 Å². The molecule has 1 aromatic carbocycles. The first-order valence-electron chi connectivity index (χ1n) is 5.49. The average molecular weight is 234 g/mol. The first-order valence-corrected chi connectivity index (χ1v) is 5.49. The molecule has 0 spiro atoms. The van der Waals surface area contributed by atoms with Gasteiger partial charge < -0.3 is 10.7 Å². The molecule has 0 aliphatic rings. The number of fused-ring (bicyclic) bond motifs is 1. The number of H-pyrrole nitrogens is 1. The number of anilines is 1. The first kappa shape index (κ1) is 10.4. The van der Waals surface area contributed by atoms with Crippen LogP contribution in [0.1, 0.15) is 11.1 Å². The van der Waals surface area contributed by atoms with Crippen molar-refractivity contribution >= 4 is 16.9 Å². The van der Waals surface area contributed by atoms with Crippen LogP contribution in [0.5, 0.6) is 0 Å². The van der Waals surface area contributed by atoms with Gasteiger partial charge in [-0.05, 0) is 12.1 Å². The third kappa shape index (κ3) is 1.78. The zero-order valence-electron chi connectivity index (χ0n) is 9.51.